The molecule has 0 radical (unpaired) electrons. The smallest absolute Gasteiger partial charge is 0.323 e. The third-order valence-electron chi connectivity index (χ3n) is 4.90. The summed E-state index contributed by atoms with van der Waals surface area (Å²) in [5.41, 5.74) is 2.17. The molecular formula is C20H24N4O4. The molecule has 2 N–H and O–H groups in total. The molecule has 8 heteroatoms. The maximum absolute atomic E-state index is 12.7. The molecule has 0 aromatic carbocycles. The summed E-state index contributed by atoms with van der Waals surface area (Å²) in [6.45, 7) is 3.11. The zero-order chi connectivity index (χ0) is 20.1. The van der Waals surface area contributed by atoms with Gasteiger partial charge in [-0.1, -0.05) is 6.92 Å². The number of piperidine rings is 1. The van der Waals surface area contributed by atoms with Gasteiger partial charge in [0.1, 0.15) is 6.54 Å². The minimum atomic E-state index is -1.11. The molecule has 2 aromatic rings. The molecule has 28 heavy (non-hydrogen) atoms. The summed E-state index contributed by atoms with van der Waals surface area (Å²) in [5, 5.41) is 11.7. The average molecular weight is 384 g/mol. The maximum Gasteiger partial charge on any atom is 0.323 e. The molecule has 0 bridgehead atoms. The van der Waals surface area contributed by atoms with Gasteiger partial charge < -0.3 is 19.9 Å². The van der Waals surface area contributed by atoms with Crippen molar-refractivity contribution in [2.75, 3.05) is 23.3 Å². The second kappa shape index (κ2) is 8.69. The molecule has 0 aliphatic carbocycles. The molecule has 1 saturated heterocycles. The Labute approximate surface area is 162 Å². The molecule has 0 unspecified atom stereocenters. The Morgan fingerprint density at radius 3 is 2.89 bits per heavy atom. The summed E-state index contributed by atoms with van der Waals surface area (Å²) in [5.74, 6) is -1.44. The average Bonchev–Trinajstić information content (AvgIpc) is 2.70. The van der Waals surface area contributed by atoms with Crippen LogP contribution in [0.1, 0.15) is 25.3 Å². The van der Waals surface area contributed by atoms with Crippen molar-refractivity contribution in [3.63, 3.8) is 0 Å². The second-order valence-corrected chi connectivity index (χ2v) is 6.96. The number of carbonyl (C=O) groups excluding carboxylic acids is 1. The van der Waals surface area contributed by atoms with Crippen LogP contribution in [0.25, 0.3) is 0 Å². The van der Waals surface area contributed by atoms with Gasteiger partial charge in [-0.15, -0.1) is 0 Å². The van der Waals surface area contributed by atoms with Crippen molar-refractivity contribution in [2.24, 2.45) is 5.92 Å². The second-order valence-electron chi connectivity index (χ2n) is 6.96. The van der Waals surface area contributed by atoms with Crippen molar-refractivity contribution in [1.82, 2.24) is 9.55 Å². The van der Waals surface area contributed by atoms with Crippen LogP contribution in [0.4, 0.5) is 11.4 Å². The molecule has 8 nitrogen and oxygen atoms in total. The molecule has 1 aliphatic heterocycles. The number of hydrogen-bond donors (Lipinski definition) is 2. The number of pyridine rings is 2. The number of anilines is 2. The SMILES string of the molecule is CCc1cncc(N2CCC[C@H](C(=O)Nc3ccc(=O)n(CC(=O)O)c3)C2)c1. The molecule has 3 heterocycles. The first-order chi connectivity index (χ1) is 13.5. The Morgan fingerprint density at radius 2 is 2.14 bits per heavy atom. The fourth-order valence-corrected chi connectivity index (χ4v) is 3.38. The van der Waals surface area contributed by atoms with Gasteiger partial charge in [0.15, 0.2) is 0 Å². The number of hydrogen-bond acceptors (Lipinski definition) is 5. The summed E-state index contributed by atoms with van der Waals surface area (Å²) >= 11 is 0. The molecule has 2 aromatic heterocycles. The van der Waals surface area contributed by atoms with Crippen molar-refractivity contribution >= 4 is 23.3 Å². The highest BCUT2D eigenvalue weighted by atomic mass is 16.4. The van der Waals surface area contributed by atoms with Crippen molar-refractivity contribution in [2.45, 2.75) is 32.7 Å². The first-order valence-corrected chi connectivity index (χ1v) is 9.38. The normalized spacial score (nSPS) is 16.6. The highest BCUT2D eigenvalue weighted by Crippen LogP contribution is 2.24. The van der Waals surface area contributed by atoms with Gasteiger partial charge in [0.05, 0.1) is 23.5 Å². The summed E-state index contributed by atoms with van der Waals surface area (Å²) in [6.07, 6.45) is 7.62. The van der Waals surface area contributed by atoms with Crippen LogP contribution in [0.2, 0.25) is 0 Å². The number of carboxylic acids is 1. The van der Waals surface area contributed by atoms with Crippen LogP contribution in [-0.4, -0.2) is 39.6 Å². The number of amides is 1. The Hall–Kier alpha value is -3.16. The first-order valence-electron chi connectivity index (χ1n) is 9.38. The highest BCUT2D eigenvalue weighted by Gasteiger charge is 2.26. The van der Waals surface area contributed by atoms with E-state index in [1.807, 2.05) is 12.4 Å². The standard InChI is InChI=1S/C20H24N4O4/c1-2-14-8-17(10-21-9-14)23-7-3-4-15(11-23)20(28)22-16-5-6-18(25)24(12-16)13-19(26)27/h5-6,8-10,12,15H,2-4,7,11,13H2,1H3,(H,22,28)(H,26,27)/t15-/m0/s1. The largest absolute Gasteiger partial charge is 0.480 e. The van der Waals surface area contributed by atoms with E-state index in [0.29, 0.717) is 12.2 Å². The zero-order valence-electron chi connectivity index (χ0n) is 15.8. The van der Waals surface area contributed by atoms with Crippen molar-refractivity contribution < 1.29 is 14.7 Å². The Balaban J connectivity index is 1.69. The van der Waals surface area contributed by atoms with Gasteiger partial charge in [0.25, 0.3) is 5.56 Å². The van der Waals surface area contributed by atoms with Crippen molar-refractivity contribution in [3.8, 4) is 0 Å². The van der Waals surface area contributed by atoms with Gasteiger partial charge in [0, 0.05) is 31.5 Å². The van der Waals surface area contributed by atoms with E-state index in [-0.39, 0.29) is 11.8 Å². The number of aliphatic carboxylic acids is 1. The summed E-state index contributed by atoms with van der Waals surface area (Å²) in [7, 11) is 0. The quantitative estimate of drug-likeness (QED) is 0.786. The third-order valence-corrected chi connectivity index (χ3v) is 4.90. The monoisotopic (exact) mass is 384 g/mol. The molecule has 148 valence electrons. The van der Waals surface area contributed by atoms with Crippen molar-refractivity contribution in [3.05, 3.63) is 52.7 Å². The minimum absolute atomic E-state index is 0.134. The number of aromatic nitrogens is 2. The van der Waals surface area contributed by atoms with Gasteiger partial charge in [-0.2, -0.15) is 0 Å². The van der Waals surface area contributed by atoms with E-state index in [0.717, 1.165) is 41.6 Å². The molecule has 0 saturated carbocycles. The van der Waals surface area contributed by atoms with Gasteiger partial charge in [0.2, 0.25) is 5.91 Å². The zero-order valence-corrected chi connectivity index (χ0v) is 15.8. The van der Waals surface area contributed by atoms with E-state index >= 15 is 0 Å². The molecule has 1 atom stereocenters. The minimum Gasteiger partial charge on any atom is -0.480 e. The molecule has 1 aliphatic rings. The topological polar surface area (TPSA) is 105 Å². The number of aryl methyl sites for hydroxylation is 1. The van der Waals surface area contributed by atoms with Crippen LogP contribution in [-0.2, 0) is 22.6 Å². The Bertz CT molecular complexity index is 924. The van der Waals surface area contributed by atoms with Gasteiger partial charge in [-0.3, -0.25) is 19.4 Å². The van der Waals surface area contributed by atoms with Crippen molar-refractivity contribution in [1.29, 1.82) is 0 Å². The molecule has 0 spiro atoms. The summed E-state index contributed by atoms with van der Waals surface area (Å²) in [4.78, 5) is 41.8. The van der Waals surface area contributed by atoms with Gasteiger partial charge in [-0.05, 0) is 37.0 Å². The summed E-state index contributed by atoms with van der Waals surface area (Å²) < 4.78 is 1.06. The third kappa shape index (κ3) is 4.76. The number of nitrogens with one attached hydrogen (secondary N) is 1. The van der Waals surface area contributed by atoms with Crippen LogP contribution in [0.5, 0.6) is 0 Å². The maximum atomic E-state index is 12.7. The van der Waals surface area contributed by atoms with Crippen LogP contribution >= 0.6 is 0 Å². The van der Waals surface area contributed by atoms with E-state index in [1.54, 1.807) is 0 Å². The summed E-state index contributed by atoms with van der Waals surface area (Å²) in [6, 6.07) is 4.86. The Kier molecular flexibility index (Phi) is 6.08. The predicted molar refractivity (Wildman–Crippen MR) is 106 cm³/mol. The lowest BCUT2D eigenvalue weighted by atomic mass is 9.96. The van der Waals surface area contributed by atoms with Crippen LogP contribution in [0, 0.1) is 5.92 Å². The Morgan fingerprint density at radius 1 is 1.32 bits per heavy atom. The lowest BCUT2D eigenvalue weighted by Gasteiger charge is -2.33. The number of nitrogens with zero attached hydrogens (tertiary/aromatic N) is 3. The number of rotatable bonds is 6. The van der Waals surface area contributed by atoms with Crippen LogP contribution < -0.4 is 15.8 Å². The molecule has 1 amide bonds. The fourth-order valence-electron chi connectivity index (χ4n) is 3.38. The van der Waals surface area contributed by atoms with E-state index in [2.05, 4.69) is 28.2 Å². The lowest BCUT2D eigenvalue weighted by molar-refractivity contribution is -0.137. The fraction of sp³-hybridized carbons (Fsp3) is 0.400. The van der Waals surface area contributed by atoms with Gasteiger partial charge in [-0.25, -0.2) is 0 Å². The molecule has 3 rings (SSSR count). The molecular weight excluding hydrogens is 360 g/mol. The van der Waals surface area contributed by atoms with Gasteiger partial charge >= 0.3 is 5.97 Å². The first kappa shape index (κ1) is 19.6. The molecule has 1 fully saturated rings. The number of carboxylic acid groups (broad SMARTS) is 1. The van der Waals surface area contributed by atoms with Crippen LogP contribution in [0.15, 0.2) is 41.6 Å². The van der Waals surface area contributed by atoms with E-state index in [9.17, 15) is 14.4 Å². The van der Waals surface area contributed by atoms with E-state index < -0.39 is 18.1 Å². The van der Waals surface area contributed by atoms with E-state index in [4.69, 9.17) is 5.11 Å². The van der Waals surface area contributed by atoms with Crippen LogP contribution in [0.3, 0.4) is 0 Å². The lowest BCUT2D eigenvalue weighted by Crippen LogP contribution is -2.41. The van der Waals surface area contributed by atoms with E-state index in [1.165, 1.54) is 18.3 Å². The predicted octanol–water partition coefficient (Wildman–Crippen LogP) is 1.75. The number of carbonyl (C=O) groups is 2. The highest BCUT2D eigenvalue weighted by molar-refractivity contribution is 5.93.